The molecular formula is C11H25N3O2S. The van der Waals surface area contributed by atoms with Gasteiger partial charge in [-0.2, -0.15) is 17.4 Å². The predicted molar refractivity (Wildman–Crippen MR) is 69.8 cm³/mol. The highest BCUT2D eigenvalue weighted by molar-refractivity contribution is 7.87. The summed E-state index contributed by atoms with van der Waals surface area (Å²) in [6.07, 6.45) is 5.80. The summed E-state index contributed by atoms with van der Waals surface area (Å²) in [6.45, 7) is 2.66. The van der Waals surface area contributed by atoms with Gasteiger partial charge in [-0.05, 0) is 18.8 Å². The molecular weight excluding hydrogens is 238 g/mol. The molecule has 6 heteroatoms. The average molecular weight is 263 g/mol. The molecule has 0 radical (unpaired) electrons. The van der Waals surface area contributed by atoms with Gasteiger partial charge in [0.25, 0.3) is 10.2 Å². The maximum absolute atomic E-state index is 11.9. The summed E-state index contributed by atoms with van der Waals surface area (Å²) in [4.78, 5) is 0. The van der Waals surface area contributed by atoms with Crippen molar-refractivity contribution in [3.8, 4) is 0 Å². The summed E-state index contributed by atoms with van der Waals surface area (Å²) >= 11 is 0. The normalized spacial score (nSPS) is 20.7. The van der Waals surface area contributed by atoms with Gasteiger partial charge in [0.1, 0.15) is 0 Å². The zero-order chi connectivity index (χ0) is 12.9. The summed E-state index contributed by atoms with van der Waals surface area (Å²) in [5, 5.41) is 0. The number of nitrogens with two attached hydrogens (primary N) is 1. The van der Waals surface area contributed by atoms with Gasteiger partial charge in [0.2, 0.25) is 0 Å². The first kappa shape index (κ1) is 14.9. The number of nitrogens with one attached hydrogen (secondary N) is 1. The molecule has 0 spiro atoms. The van der Waals surface area contributed by atoms with Gasteiger partial charge in [0.15, 0.2) is 0 Å². The lowest BCUT2D eigenvalue weighted by molar-refractivity contribution is 0.290. The van der Waals surface area contributed by atoms with Gasteiger partial charge in [-0.3, -0.25) is 0 Å². The molecule has 102 valence electrons. The van der Waals surface area contributed by atoms with E-state index in [9.17, 15) is 8.42 Å². The van der Waals surface area contributed by atoms with Crippen LogP contribution in [0.2, 0.25) is 0 Å². The van der Waals surface area contributed by atoms with Crippen LogP contribution in [0.1, 0.15) is 39.0 Å². The summed E-state index contributed by atoms with van der Waals surface area (Å²) in [7, 11) is -1.79. The molecule has 3 N–H and O–H groups in total. The average Bonchev–Trinajstić information content (AvgIpc) is 2.36. The number of hydrogen-bond acceptors (Lipinski definition) is 3. The van der Waals surface area contributed by atoms with Crippen LogP contribution in [0.3, 0.4) is 0 Å². The fourth-order valence-electron chi connectivity index (χ4n) is 2.32. The Balaban J connectivity index is 2.62. The quantitative estimate of drug-likeness (QED) is 0.740. The van der Waals surface area contributed by atoms with Crippen molar-refractivity contribution >= 4 is 10.2 Å². The first-order valence-corrected chi connectivity index (χ1v) is 7.89. The highest BCUT2D eigenvalue weighted by atomic mass is 32.2. The van der Waals surface area contributed by atoms with Crippen LogP contribution in [-0.4, -0.2) is 38.9 Å². The Kier molecular flexibility index (Phi) is 5.85. The molecule has 0 bridgehead atoms. The third-order valence-corrected chi connectivity index (χ3v) is 5.31. The van der Waals surface area contributed by atoms with E-state index in [4.69, 9.17) is 5.73 Å². The van der Waals surface area contributed by atoms with Crippen molar-refractivity contribution in [2.24, 2.45) is 11.7 Å². The molecule has 0 aromatic rings. The van der Waals surface area contributed by atoms with Crippen LogP contribution in [0.4, 0.5) is 0 Å². The van der Waals surface area contributed by atoms with Crippen LogP contribution in [-0.2, 0) is 10.2 Å². The first-order chi connectivity index (χ1) is 8.01. The smallest absolute Gasteiger partial charge is 0.279 e. The van der Waals surface area contributed by atoms with E-state index < -0.39 is 10.2 Å². The Bertz CT molecular complexity index is 313. The molecule has 1 unspecified atom stereocenters. The SMILES string of the molecule is CCN(C)S(=O)(=O)NC(CN)C1CCCCC1. The molecule has 1 atom stereocenters. The Morgan fingerprint density at radius 2 is 1.94 bits per heavy atom. The molecule has 0 amide bonds. The second-order valence-electron chi connectivity index (χ2n) is 4.78. The summed E-state index contributed by atoms with van der Waals surface area (Å²) in [5.74, 6) is 0.397. The molecule has 1 aliphatic carbocycles. The molecule has 1 rings (SSSR count). The fourth-order valence-corrected chi connectivity index (χ4v) is 3.52. The van der Waals surface area contributed by atoms with Crippen molar-refractivity contribution < 1.29 is 8.42 Å². The minimum Gasteiger partial charge on any atom is -0.329 e. The minimum absolute atomic E-state index is 0.116. The summed E-state index contributed by atoms with van der Waals surface area (Å²) in [6, 6.07) is -0.116. The third-order valence-electron chi connectivity index (χ3n) is 3.63. The lowest BCUT2D eigenvalue weighted by atomic mass is 9.84. The third kappa shape index (κ3) is 4.21. The molecule has 0 saturated heterocycles. The van der Waals surface area contributed by atoms with Gasteiger partial charge in [-0.1, -0.05) is 26.2 Å². The van der Waals surface area contributed by atoms with E-state index in [-0.39, 0.29) is 6.04 Å². The molecule has 0 aliphatic heterocycles. The summed E-state index contributed by atoms with van der Waals surface area (Å²) in [5.41, 5.74) is 5.71. The Hall–Kier alpha value is -0.170. The van der Waals surface area contributed by atoms with Crippen LogP contribution in [0.25, 0.3) is 0 Å². The van der Waals surface area contributed by atoms with Gasteiger partial charge < -0.3 is 5.73 Å². The van der Waals surface area contributed by atoms with Crippen molar-refractivity contribution in [2.45, 2.75) is 45.1 Å². The van der Waals surface area contributed by atoms with Gasteiger partial charge in [0, 0.05) is 26.2 Å². The van der Waals surface area contributed by atoms with Crippen molar-refractivity contribution in [3.05, 3.63) is 0 Å². The van der Waals surface area contributed by atoms with Gasteiger partial charge >= 0.3 is 0 Å². The molecule has 0 heterocycles. The van der Waals surface area contributed by atoms with Crippen LogP contribution in [0.15, 0.2) is 0 Å². The minimum atomic E-state index is -3.37. The van der Waals surface area contributed by atoms with E-state index >= 15 is 0 Å². The maximum atomic E-state index is 11.9. The topological polar surface area (TPSA) is 75.4 Å². The van der Waals surface area contributed by atoms with Crippen LogP contribution in [0.5, 0.6) is 0 Å². The Labute approximate surface area is 105 Å². The molecule has 5 nitrogen and oxygen atoms in total. The van der Waals surface area contributed by atoms with Crippen molar-refractivity contribution in [1.82, 2.24) is 9.03 Å². The lowest BCUT2D eigenvalue weighted by Gasteiger charge is -2.31. The van der Waals surface area contributed by atoms with E-state index in [0.717, 1.165) is 12.8 Å². The first-order valence-electron chi connectivity index (χ1n) is 6.45. The molecule has 0 aromatic heterocycles. The number of nitrogens with zero attached hydrogens (tertiary/aromatic N) is 1. The van der Waals surface area contributed by atoms with Crippen molar-refractivity contribution in [2.75, 3.05) is 20.1 Å². The standard InChI is InChI=1S/C11H25N3O2S/c1-3-14(2)17(15,16)13-11(9-12)10-7-5-4-6-8-10/h10-11,13H,3-9,12H2,1-2H3. The van der Waals surface area contributed by atoms with E-state index in [0.29, 0.717) is 19.0 Å². The molecule has 17 heavy (non-hydrogen) atoms. The summed E-state index contributed by atoms with van der Waals surface area (Å²) < 4.78 is 27.9. The molecule has 1 saturated carbocycles. The Morgan fingerprint density at radius 3 is 2.41 bits per heavy atom. The molecule has 1 fully saturated rings. The highest BCUT2D eigenvalue weighted by Gasteiger charge is 2.27. The molecule has 0 aromatic carbocycles. The second-order valence-corrected chi connectivity index (χ2v) is 6.59. The maximum Gasteiger partial charge on any atom is 0.279 e. The van der Waals surface area contributed by atoms with E-state index in [1.54, 1.807) is 7.05 Å². The largest absolute Gasteiger partial charge is 0.329 e. The van der Waals surface area contributed by atoms with Gasteiger partial charge in [-0.15, -0.1) is 0 Å². The van der Waals surface area contributed by atoms with E-state index in [1.807, 2.05) is 6.92 Å². The van der Waals surface area contributed by atoms with Crippen LogP contribution < -0.4 is 10.5 Å². The molecule has 1 aliphatic rings. The number of hydrogen-bond donors (Lipinski definition) is 2. The fraction of sp³-hybridized carbons (Fsp3) is 1.00. The van der Waals surface area contributed by atoms with Gasteiger partial charge in [-0.25, -0.2) is 0 Å². The monoisotopic (exact) mass is 263 g/mol. The lowest BCUT2D eigenvalue weighted by Crippen LogP contribution is -2.50. The van der Waals surface area contributed by atoms with E-state index in [1.165, 1.54) is 23.6 Å². The van der Waals surface area contributed by atoms with Crippen molar-refractivity contribution in [1.29, 1.82) is 0 Å². The number of rotatable bonds is 6. The van der Waals surface area contributed by atoms with Gasteiger partial charge in [0.05, 0.1) is 0 Å². The van der Waals surface area contributed by atoms with E-state index in [2.05, 4.69) is 4.72 Å². The Morgan fingerprint density at radius 1 is 1.35 bits per heavy atom. The van der Waals surface area contributed by atoms with Crippen LogP contribution in [0, 0.1) is 5.92 Å². The van der Waals surface area contributed by atoms with Crippen LogP contribution >= 0.6 is 0 Å². The second kappa shape index (κ2) is 6.68. The predicted octanol–water partition coefficient (Wildman–Crippen LogP) is 0.680. The highest BCUT2D eigenvalue weighted by Crippen LogP contribution is 2.26. The van der Waals surface area contributed by atoms with Crippen molar-refractivity contribution in [3.63, 3.8) is 0 Å². The zero-order valence-corrected chi connectivity index (χ0v) is 11.7. The zero-order valence-electron chi connectivity index (χ0n) is 10.9.